The molecule has 2 saturated heterocycles. The van der Waals surface area contributed by atoms with Gasteiger partial charge in [0.2, 0.25) is 5.88 Å². The molecule has 11 heteroatoms. The monoisotopic (exact) mass is 542 g/mol. The van der Waals surface area contributed by atoms with Crippen LogP contribution in [-0.2, 0) is 11.3 Å². The lowest BCUT2D eigenvalue weighted by atomic mass is 10.1. The second-order valence-electron chi connectivity index (χ2n) is 10.3. The number of rotatable bonds is 8. The van der Waals surface area contributed by atoms with Crippen molar-refractivity contribution in [1.29, 1.82) is 0 Å². The van der Waals surface area contributed by atoms with Gasteiger partial charge in [-0.05, 0) is 50.2 Å². The molecule has 1 aromatic carbocycles. The fourth-order valence-corrected chi connectivity index (χ4v) is 5.04. The average Bonchev–Trinajstić information content (AvgIpc) is 3.39. The number of carbonyl (C=O) groups excluding carboxylic acids is 1. The maximum atomic E-state index is 13.6. The van der Waals surface area contributed by atoms with Gasteiger partial charge in [-0.2, -0.15) is 5.10 Å². The van der Waals surface area contributed by atoms with E-state index in [1.807, 2.05) is 30.3 Å². The molecule has 2 aliphatic rings. The van der Waals surface area contributed by atoms with Crippen LogP contribution in [0.5, 0.6) is 5.88 Å². The number of anilines is 3. The highest BCUT2D eigenvalue weighted by atomic mass is 16.5. The number of aromatic amines is 1. The van der Waals surface area contributed by atoms with Gasteiger partial charge in [0.1, 0.15) is 12.1 Å². The van der Waals surface area contributed by atoms with Crippen LogP contribution in [0, 0.1) is 0 Å². The molecule has 6 rings (SSSR count). The maximum absolute atomic E-state index is 13.6. The molecule has 0 unspecified atom stereocenters. The zero-order valence-electron chi connectivity index (χ0n) is 22.6. The molecule has 3 N–H and O–H groups in total. The highest BCUT2D eigenvalue weighted by Gasteiger charge is 2.22. The van der Waals surface area contributed by atoms with E-state index in [-0.39, 0.29) is 11.9 Å². The second kappa shape index (κ2) is 11.9. The van der Waals surface area contributed by atoms with Gasteiger partial charge in [-0.15, -0.1) is 0 Å². The van der Waals surface area contributed by atoms with Crippen LogP contribution in [0.3, 0.4) is 0 Å². The van der Waals surface area contributed by atoms with E-state index in [4.69, 9.17) is 9.47 Å². The molecule has 208 valence electrons. The minimum absolute atomic E-state index is 0.246. The summed E-state index contributed by atoms with van der Waals surface area (Å²) in [4.78, 5) is 27.0. The quantitative estimate of drug-likeness (QED) is 0.307. The van der Waals surface area contributed by atoms with Crippen molar-refractivity contribution in [2.75, 3.05) is 62.0 Å². The molecule has 0 saturated carbocycles. The van der Waals surface area contributed by atoms with Gasteiger partial charge < -0.3 is 29.9 Å². The highest BCUT2D eigenvalue weighted by molar-refractivity contribution is 6.10. The van der Waals surface area contributed by atoms with Crippen molar-refractivity contribution in [3.63, 3.8) is 0 Å². The minimum atomic E-state index is -0.253. The average molecular weight is 543 g/mol. The second-order valence-corrected chi connectivity index (χ2v) is 10.3. The number of nitrogens with one attached hydrogen (secondary N) is 3. The number of amides is 1. The van der Waals surface area contributed by atoms with Crippen LogP contribution in [-0.4, -0.2) is 83.5 Å². The summed E-state index contributed by atoms with van der Waals surface area (Å²) >= 11 is 0. The first-order valence-electron chi connectivity index (χ1n) is 13.7. The van der Waals surface area contributed by atoms with Gasteiger partial charge in [0.15, 0.2) is 5.82 Å². The molecule has 0 radical (unpaired) electrons. The lowest BCUT2D eigenvalue weighted by molar-refractivity contribution is 0.0904. The number of benzene rings is 1. The fourth-order valence-electron chi connectivity index (χ4n) is 5.04. The Labute approximate surface area is 232 Å². The molecule has 0 spiro atoms. The number of piperazine rings is 1. The third-order valence-electron chi connectivity index (χ3n) is 7.42. The van der Waals surface area contributed by atoms with Gasteiger partial charge in [-0.1, -0.05) is 6.07 Å². The van der Waals surface area contributed by atoms with Gasteiger partial charge in [-0.3, -0.25) is 14.9 Å². The van der Waals surface area contributed by atoms with Crippen LogP contribution in [0.2, 0.25) is 0 Å². The number of likely N-dealkylation sites (N-methyl/N-ethyl adjacent to an activating group) is 1. The van der Waals surface area contributed by atoms with Crippen molar-refractivity contribution < 1.29 is 14.3 Å². The van der Waals surface area contributed by atoms with E-state index < -0.39 is 0 Å². The van der Waals surface area contributed by atoms with E-state index in [1.165, 1.54) is 0 Å². The molecule has 3 aromatic heterocycles. The molecule has 2 aliphatic heterocycles. The summed E-state index contributed by atoms with van der Waals surface area (Å²) in [7, 11) is 2.15. The summed E-state index contributed by atoms with van der Waals surface area (Å²) in [6.45, 7) is 5.70. The predicted octanol–water partition coefficient (Wildman–Crippen LogP) is 3.53. The summed E-state index contributed by atoms with van der Waals surface area (Å²) in [6, 6.07) is 13.7. The van der Waals surface area contributed by atoms with Crippen molar-refractivity contribution in [1.82, 2.24) is 25.1 Å². The number of pyridine rings is 2. The largest absolute Gasteiger partial charge is 0.473 e. The van der Waals surface area contributed by atoms with E-state index in [0.717, 1.165) is 56.0 Å². The molecule has 0 bridgehead atoms. The van der Waals surface area contributed by atoms with Gasteiger partial charge in [-0.25, -0.2) is 4.98 Å². The van der Waals surface area contributed by atoms with Gasteiger partial charge >= 0.3 is 0 Å². The lowest BCUT2D eigenvalue weighted by Crippen LogP contribution is -2.44. The van der Waals surface area contributed by atoms with Crippen LogP contribution >= 0.6 is 0 Å². The molecular weight excluding hydrogens is 508 g/mol. The number of fused-ring (bicyclic) bond motifs is 1. The summed E-state index contributed by atoms with van der Waals surface area (Å²) < 4.78 is 11.4. The van der Waals surface area contributed by atoms with Crippen LogP contribution in [0.25, 0.3) is 11.0 Å². The van der Waals surface area contributed by atoms with E-state index in [1.54, 1.807) is 18.5 Å². The van der Waals surface area contributed by atoms with Gasteiger partial charge in [0, 0.05) is 80.8 Å². The fraction of sp³-hybridized carbons (Fsp3) is 0.379. The number of carbonyl (C=O) groups is 1. The minimum Gasteiger partial charge on any atom is -0.473 e. The number of ether oxygens (including phenoxy) is 2. The van der Waals surface area contributed by atoms with Crippen molar-refractivity contribution in [2.45, 2.75) is 25.5 Å². The first-order valence-corrected chi connectivity index (χ1v) is 13.7. The lowest BCUT2D eigenvalue weighted by Gasteiger charge is -2.34. The van der Waals surface area contributed by atoms with Crippen molar-refractivity contribution in [3.05, 3.63) is 66.0 Å². The standard InChI is InChI=1S/C29H34N8O3/c1-36-11-13-37(14-12-36)22-4-5-23(25(17-22)31-21-8-15-39-16-9-21)29(38)33-28-27-24(34-35-28)6-7-26(32-27)40-19-20-3-2-10-30-18-20/h2-7,10,17-18,21,31H,8-9,11-16,19H2,1H3,(H2,33,34,35,38). The zero-order valence-corrected chi connectivity index (χ0v) is 22.6. The molecule has 11 nitrogen and oxygen atoms in total. The normalized spacial score (nSPS) is 16.7. The van der Waals surface area contributed by atoms with Crippen molar-refractivity contribution >= 4 is 34.1 Å². The molecule has 0 aliphatic carbocycles. The zero-order chi connectivity index (χ0) is 27.3. The summed E-state index contributed by atoms with van der Waals surface area (Å²) in [6.07, 6.45) is 5.27. The first kappa shape index (κ1) is 26.0. The molecule has 40 heavy (non-hydrogen) atoms. The SMILES string of the molecule is CN1CCN(c2ccc(C(=O)Nc3n[nH]c4ccc(OCc5cccnc5)nc34)c(NC3CCOCC3)c2)CC1. The first-order chi connectivity index (χ1) is 19.6. The molecule has 4 aromatic rings. The van der Waals surface area contributed by atoms with E-state index >= 15 is 0 Å². The molecule has 5 heterocycles. The predicted molar refractivity (Wildman–Crippen MR) is 154 cm³/mol. The smallest absolute Gasteiger partial charge is 0.259 e. The summed E-state index contributed by atoms with van der Waals surface area (Å²) in [5, 5.41) is 13.9. The van der Waals surface area contributed by atoms with E-state index in [9.17, 15) is 4.79 Å². The Morgan fingerprint density at radius 1 is 1.12 bits per heavy atom. The van der Waals surface area contributed by atoms with Gasteiger partial charge in [0.05, 0.1) is 11.1 Å². The van der Waals surface area contributed by atoms with Crippen molar-refractivity contribution in [2.24, 2.45) is 0 Å². The summed E-state index contributed by atoms with van der Waals surface area (Å²) in [5.74, 6) is 0.537. The number of hydrogen-bond donors (Lipinski definition) is 3. The molecule has 1 amide bonds. The molecule has 2 fully saturated rings. The Hall–Kier alpha value is -4.22. The Balaban J connectivity index is 1.22. The third kappa shape index (κ3) is 6.00. The van der Waals surface area contributed by atoms with E-state index in [2.05, 4.69) is 53.7 Å². The Kier molecular flexibility index (Phi) is 7.73. The third-order valence-corrected chi connectivity index (χ3v) is 7.42. The highest BCUT2D eigenvalue weighted by Crippen LogP contribution is 2.29. The summed E-state index contributed by atoms with van der Waals surface area (Å²) in [5.41, 5.74) is 4.66. The molecular formula is C29H34N8O3. The Morgan fingerprint density at radius 3 is 2.77 bits per heavy atom. The van der Waals surface area contributed by atoms with Crippen LogP contribution in [0.15, 0.2) is 54.9 Å². The van der Waals surface area contributed by atoms with E-state index in [0.29, 0.717) is 48.1 Å². The van der Waals surface area contributed by atoms with Crippen LogP contribution < -0.4 is 20.3 Å². The number of H-pyrrole nitrogens is 1. The van der Waals surface area contributed by atoms with Crippen LogP contribution in [0.1, 0.15) is 28.8 Å². The Bertz CT molecular complexity index is 1450. The number of aromatic nitrogens is 4. The van der Waals surface area contributed by atoms with Crippen LogP contribution in [0.4, 0.5) is 17.2 Å². The number of hydrogen-bond acceptors (Lipinski definition) is 9. The van der Waals surface area contributed by atoms with Crippen molar-refractivity contribution in [3.8, 4) is 5.88 Å². The Morgan fingerprint density at radius 2 is 1.98 bits per heavy atom. The molecule has 0 atom stereocenters. The number of nitrogens with zero attached hydrogens (tertiary/aromatic N) is 5. The van der Waals surface area contributed by atoms with Gasteiger partial charge in [0.25, 0.3) is 5.91 Å². The maximum Gasteiger partial charge on any atom is 0.259 e. The topological polar surface area (TPSA) is 121 Å².